The lowest BCUT2D eigenvalue weighted by molar-refractivity contribution is 0.462. The minimum Gasteiger partial charge on any atom is -0.330 e. The van der Waals surface area contributed by atoms with Crippen molar-refractivity contribution in [3.63, 3.8) is 0 Å². The molecule has 3 rings (SSSR count). The fraction of sp³-hybridized carbons (Fsp3) is 0.357. The van der Waals surface area contributed by atoms with Crippen LogP contribution in [0.3, 0.4) is 0 Å². The number of nitrogens with two attached hydrogens (primary N) is 1. The van der Waals surface area contributed by atoms with Crippen molar-refractivity contribution in [2.24, 2.45) is 5.73 Å². The highest BCUT2D eigenvalue weighted by molar-refractivity contribution is 5.56. The van der Waals surface area contributed by atoms with Crippen LogP contribution in [0.5, 0.6) is 0 Å². The van der Waals surface area contributed by atoms with Crippen molar-refractivity contribution in [3.05, 3.63) is 42.2 Å². The molecular weight excluding hydrogens is 210 g/mol. The summed E-state index contributed by atoms with van der Waals surface area (Å²) in [4.78, 5) is 4.57. The Morgan fingerprint density at radius 2 is 2.12 bits per heavy atom. The SMILES string of the molecule is NCC1CCCn2c1cnc2-c1ccccc1. The van der Waals surface area contributed by atoms with Crippen LogP contribution in [-0.2, 0) is 6.54 Å². The van der Waals surface area contributed by atoms with Gasteiger partial charge in [-0.15, -0.1) is 0 Å². The smallest absolute Gasteiger partial charge is 0.140 e. The zero-order valence-electron chi connectivity index (χ0n) is 9.84. The Labute approximate surface area is 101 Å². The Bertz CT molecular complexity index is 501. The largest absolute Gasteiger partial charge is 0.330 e. The van der Waals surface area contributed by atoms with E-state index in [1.807, 2.05) is 12.3 Å². The van der Waals surface area contributed by atoms with Gasteiger partial charge in [-0.05, 0) is 12.8 Å². The van der Waals surface area contributed by atoms with E-state index in [-0.39, 0.29) is 0 Å². The number of hydrogen-bond acceptors (Lipinski definition) is 2. The summed E-state index contributed by atoms with van der Waals surface area (Å²) in [7, 11) is 0. The first-order valence-electron chi connectivity index (χ1n) is 6.21. The molecule has 0 saturated carbocycles. The number of rotatable bonds is 2. The molecule has 0 bridgehead atoms. The minimum absolute atomic E-state index is 0.480. The highest BCUT2D eigenvalue weighted by Crippen LogP contribution is 2.30. The standard InChI is InChI=1S/C14H17N3/c15-9-12-7-4-8-17-13(12)10-16-14(17)11-5-2-1-3-6-11/h1-3,5-6,10,12H,4,7-9,15H2. The lowest BCUT2D eigenvalue weighted by Crippen LogP contribution is -2.21. The molecular formula is C14H17N3. The second-order valence-electron chi connectivity index (χ2n) is 4.60. The van der Waals surface area contributed by atoms with E-state index in [0.29, 0.717) is 5.92 Å². The van der Waals surface area contributed by atoms with Crippen LogP contribution < -0.4 is 5.73 Å². The predicted octanol–water partition coefficient (Wildman–Crippen LogP) is 2.39. The Kier molecular flexibility index (Phi) is 2.69. The second-order valence-corrected chi connectivity index (χ2v) is 4.60. The Balaban J connectivity index is 2.06. The van der Waals surface area contributed by atoms with Crippen LogP contribution in [0.15, 0.2) is 36.5 Å². The quantitative estimate of drug-likeness (QED) is 0.856. The van der Waals surface area contributed by atoms with Gasteiger partial charge in [0.2, 0.25) is 0 Å². The third kappa shape index (κ3) is 1.76. The number of aromatic nitrogens is 2. The van der Waals surface area contributed by atoms with E-state index in [4.69, 9.17) is 5.73 Å². The summed E-state index contributed by atoms with van der Waals surface area (Å²) in [6, 6.07) is 10.4. The lowest BCUT2D eigenvalue weighted by atomic mass is 9.96. The fourth-order valence-electron chi connectivity index (χ4n) is 2.65. The van der Waals surface area contributed by atoms with Crippen molar-refractivity contribution < 1.29 is 0 Å². The Hall–Kier alpha value is -1.61. The van der Waals surface area contributed by atoms with Crippen LogP contribution in [0.4, 0.5) is 0 Å². The number of imidazole rings is 1. The van der Waals surface area contributed by atoms with Crippen molar-refractivity contribution >= 4 is 0 Å². The first kappa shape index (κ1) is 10.5. The van der Waals surface area contributed by atoms with E-state index < -0.39 is 0 Å². The van der Waals surface area contributed by atoms with Crippen LogP contribution >= 0.6 is 0 Å². The van der Waals surface area contributed by atoms with E-state index in [9.17, 15) is 0 Å². The topological polar surface area (TPSA) is 43.8 Å². The molecule has 1 aliphatic rings. The zero-order valence-corrected chi connectivity index (χ0v) is 9.84. The predicted molar refractivity (Wildman–Crippen MR) is 68.7 cm³/mol. The van der Waals surface area contributed by atoms with E-state index in [1.54, 1.807) is 0 Å². The molecule has 3 heteroatoms. The highest BCUT2D eigenvalue weighted by Gasteiger charge is 2.22. The normalized spacial score (nSPS) is 19.0. The van der Waals surface area contributed by atoms with Gasteiger partial charge in [-0.3, -0.25) is 0 Å². The van der Waals surface area contributed by atoms with Crippen molar-refractivity contribution in [1.29, 1.82) is 0 Å². The summed E-state index contributed by atoms with van der Waals surface area (Å²) >= 11 is 0. The van der Waals surface area contributed by atoms with Crippen molar-refractivity contribution in [3.8, 4) is 11.4 Å². The van der Waals surface area contributed by atoms with Gasteiger partial charge < -0.3 is 10.3 Å². The number of nitrogens with zero attached hydrogens (tertiary/aromatic N) is 2. The zero-order chi connectivity index (χ0) is 11.7. The van der Waals surface area contributed by atoms with Gasteiger partial charge in [-0.2, -0.15) is 0 Å². The number of hydrogen-bond donors (Lipinski definition) is 1. The Morgan fingerprint density at radius 1 is 1.29 bits per heavy atom. The van der Waals surface area contributed by atoms with Gasteiger partial charge in [-0.1, -0.05) is 30.3 Å². The molecule has 0 amide bonds. The molecule has 0 fully saturated rings. The molecule has 1 unspecified atom stereocenters. The average Bonchev–Trinajstić information content (AvgIpc) is 2.83. The summed E-state index contributed by atoms with van der Waals surface area (Å²) in [5.41, 5.74) is 8.32. The maximum atomic E-state index is 5.82. The van der Waals surface area contributed by atoms with E-state index in [1.165, 1.54) is 24.1 Å². The van der Waals surface area contributed by atoms with E-state index >= 15 is 0 Å². The molecule has 2 aromatic rings. The van der Waals surface area contributed by atoms with Crippen molar-refractivity contribution in [1.82, 2.24) is 9.55 Å². The van der Waals surface area contributed by atoms with Gasteiger partial charge in [0, 0.05) is 36.5 Å². The highest BCUT2D eigenvalue weighted by atomic mass is 15.1. The molecule has 1 atom stereocenters. The molecule has 2 heterocycles. The maximum Gasteiger partial charge on any atom is 0.140 e. The van der Waals surface area contributed by atoms with Gasteiger partial charge in [-0.25, -0.2) is 4.98 Å². The molecule has 0 aliphatic carbocycles. The number of benzene rings is 1. The summed E-state index contributed by atoms with van der Waals surface area (Å²) < 4.78 is 2.33. The number of fused-ring (bicyclic) bond motifs is 1. The maximum absolute atomic E-state index is 5.82. The molecule has 88 valence electrons. The Morgan fingerprint density at radius 3 is 2.88 bits per heavy atom. The molecule has 0 radical (unpaired) electrons. The van der Waals surface area contributed by atoms with Gasteiger partial charge in [0.15, 0.2) is 0 Å². The van der Waals surface area contributed by atoms with Crippen LogP contribution in [0.2, 0.25) is 0 Å². The molecule has 0 saturated heterocycles. The van der Waals surface area contributed by atoms with Gasteiger partial charge in [0.1, 0.15) is 5.82 Å². The van der Waals surface area contributed by atoms with Crippen LogP contribution in [-0.4, -0.2) is 16.1 Å². The summed E-state index contributed by atoms with van der Waals surface area (Å²) in [6.45, 7) is 1.79. The second kappa shape index (κ2) is 4.34. The van der Waals surface area contributed by atoms with Crippen molar-refractivity contribution in [2.75, 3.05) is 6.54 Å². The summed E-state index contributed by atoms with van der Waals surface area (Å²) in [5, 5.41) is 0. The summed E-state index contributed by atoms with van der Waals surface area (Å²) in [5.74, 6) is 1.56. The third-order valence-corrected chi connectivity index (χ3v) is 3.56. The van der Waals surface area contributed by atoms with Crippen LogP contribution in [0.1, 0.15) is 24.5 Å². The van der Waals surface area contributed by atoms with Crippen LogP contribution in [0, 0.1) is 0 Å². The molecule has 1 aliphatic heterocycles. The van der Waals surface area contributed by atoms with Gasteiger partial charge in [0.25, 0.3) is 0 Å². The molecule has 17 heavy (non-hydrogen) atoms. The molecule has 1 aromatic heterocycles. The molecule has 0 spiro atoms. The lowest BCUT2D eigenvalue weighted by Gasteiger charge is -2.24. The van der Waals surface area contributed by atoms with E-state index in [0.717, 1.165) is 18.9 Å². The molecule has 3 nitrogen and oxygen atoms in total. The third-order valence-electron chi connectivity index (χ3n) is 3.56. The monoisotopic (exact) mass is 227 g/mol. The van der Waals surface area contributed by atoms with Crippen molar-refractivity contribution in [2.45, 2.75) is 25.3 Å². The fourth-order valence-corrected chi connectivity index (χ4v) is 2.65. The van der Waals surface area contributed by atoms with Gasteiger partial charge in [0.05, 0.1) is 0 Å². The molecule has 1 aromatic carbocycles. The first-order chi connectivity index (χ1) is 8.40. The van der Waals surface area contributed by atoms with E-state index in [2.05, 4.69) is 33.8 Å². The minimum atomic E-state index is 0.480. The molecule has 2 N–H and O–H groups in total. The first-order valence-corrected chi connectivity index (χ1v) is 6.21. The van der Waals surface area contributed by atoms with Gasteiger partial charge >= 0.3 is 0 Å². The van der Waals surface area contributed by atoms with Crippen LogP contribution in [0.25, 0.3) is 11.4 Å². The summed E-state index contributed by atoms with van der Waals surface area (Å²) in [6.07, 6.45) is 4.39. The average molecular weight is 227 g/mol.